The Kier molecular flexibility index (Phi) is 9.13. The predicted molar refractivity (Wildman–Crippen MR) is 133 cm³/mol. The van der Waals surface area contributed by atoms with Gasteiger partial charge < -0.3 is 24.1 Å². The van der Waals surface area contributed by atoms with Crippen molar-refractivity contribution in [3.8, 4) is 0 Å². The maximum atomic E-state index is 12.8. The Labute approximate surface area is 200 Å². The van der Waals surface area contributed by atoms with Gasteiger partial charge in [-0.05, 0) is 50.9 Å². The van der Waals surface area contributed by atoms with Gasteiger partial charge in [0.25, 0.3) is 0 Å². The lowest BCUT2D eigenvalue weighted by atomic mass is 10.0. The van der Waals surface area contributed by atoms with E-state index in [0.717, 1.165) is 5.56 Å². The van der Waals surface area contributed by atoms with E-state index in [1.54, 1.807) is 4.90 Å². The lowest BCUT2D eigenvalue weighted by Crippen LogP contribution is -2.59. The normalized spacial score (nSPS) is 19.8. The van der Waals surface area contributed by atoms with Gasteiger partial charge in [0.1, 0.15) is 12.2 Å². The number of likely N-dealkylation sites (tertiary alicyclic amines) is 1. The smallest absolute Gasteiger partial charge is 0.410 e. The van der Waals surface area contributed by atoms with Crippen LogP contribution in [0, 0.1) is 0 Å². The SMILES string of the molecule is CC(C)(C)OC(=O)CN[C@@H]1CCN(C(=O)OCc2ccccc2)C[C@H]1O[Si](C)(C)C(C)(C)C. The summed E-state index contributed by atoms with van der Waals surface area (Å²) in [4.78, 5) is 26.7. The number of carbonyl (C=O) groups excluding carboxylic acids is 2. The van der Waals surface area contributed by atoms with Crippen LogP contribution in [0.3, 0.4) is 0 Å². The van der Waals surface area contributed by atoms with E-state index >= 15 is 0 Å². The van der Waals surface area contributed by atoms with E-state index < -0.39 is 13.9 Å². The van der Waals surface area contributed by atoms with Crippen LogP contribution in [0.25, 0.3) is 0 Å². The van der Waals surface area contributed by atoms with Crippen LogP contribution in [0.4, 0.5) is 4.79 Å². The molecule has 0 bridgehead atoms. The van der Waals surface area contributed by atoms with Gasteiger partial charge in [0.05, 0.1) is 19.2 Å². The molecule has 1 aromatic carbocycles. The van der Waals surface area contributed by atoms with Crippen LogP contribution in [0.15, 0.2) is 30.3 Å². The average molecular weight is 479 g/mol. The van der Waals surface area contributed by atoms with Crippen LogP contribution in [-0.2, 0) is 25.3 Å². The fourth-order valence-electron chi connectivity index (χ4n) is 3.39. The van der Waals surface area contributed by atoms with E-state index in [4.69, 9.17) is 13.9 Å². The summed E-state index contributed by atoms with van der Waals surface area (Å²) >= 11 is 0. The van der Waals surface area contributed by atoms with Crippen molar-refractivity contribution in [1.82, 2.24) is 10.2 Å². The molecule has 0 spiro atoms. The zero-order valence-electron chi connectivity index (χ0n) is 21.6. The first-order chi connectivity index (χ1) is 15.2. The number of nitrogens with one attached hydrogen (secondary N) is 1. The second-order valence-electron chi connectivity index (χ2n) is 11.3. The van der Waals surface area contributed by atoms with Gasteiger partial charge in [-0.15, -0.1) is 0 Å². The van der Waals surface area contributed by atoms with Crippen molar-refractivity contribution in [3.05, 3.63) is 35.9 Å². The highest BCUT2D eigenvalue weighted by Crippen LogP contribution is 2.38. The minimum Gasteiger partial charge on any atom is -0.459 e. The summed E-state index contributed by atoms with van der Waals surface area (Å²) in [5, 5.41) is 3.36. The fourth-order valence-corrected chi connectivity index (χ4v) is 4.74. The van der Waals surface area contributed by atoms with Gasteiger partial charge in [0.15, 0.2) is 8.32 Å². The summed E-state index contributed by atoms with van der Waals surface area (Å²) in [5.74, 6) is -0.293. The molecule has 0 aromatic heterocycles. The highest BCUT2D eigenvalue weighted by molar-refractivity contribution is 6.74. The number of piperidine rings is 1. The van der Waals surface area contributed by atoms with Crippen LogP contribution in [0.2, 0.25) is 18.1 Å². The van der Waals surface area contributed by atoms with E-state index in [9.17, 15) is 9.59 Å². The third-order valence-corrected chi connectivity index (χ3v) is 10.7. The number of nitrogens with zero attached hydrogens (tertiary/aromatic N) is 1. The molecule has 1 aliphatic rings. The first-order valence-corrected chi connectivity index (χ1v) is 14.7. The van der Waals surface area contributed by atoms with Gasteiger partial charge in [0, 0.05) is 12.6 Å². The molecule has 8 heteroatoms. The maximum absolute atomic E-state index is 12.8. The molecule has 7 nitrogen and oxygen atoms in total. The molecule has 33 heavy (non-hydrogen) atoms. The lowest BCUT2D eigenvalue weighted by molar-refractivity contribution is -0.154. The Hall–Kier alpha value is -1.90. The maximum Gasteiger partial charge on any atom is 0.410 e. The van der Waals surface area contributed by atoms with Gasteiger partial charge in [-0.2, -0.15) is 0 Å². The van der Waals surface area contributed by atoms with Gasteiger partial charge >= 0.3 is 12.1 Å². The second-order valence-corrected chi connectivity index (χ2v) is 16.0. The zero-order valence-corrected chi connectivity index (χ0v) is 22.6. The Morgan fingerprint density at radius 1 is 1.09 bits per heavy atom. The van der Waals surface area contributed by atoms with E-state index in [0.29, 0.717) is 19.5 Å². The number of carbonyl (C=O) groups is 2. The second kappa shape index (κ2) is 11.0. The van der Waals surface area contributed by atoms with Gasteiger partial charge in [-0.25, -0.2) is 4.79 Å². The molecule has 1 saturated heterocycles. The quantitative estimate of drug-likeness (QED) is 0.451. The average Bonchev–Trinajstić information content (AvgIpc) is 2.69. The summed E-state index contributed by atoms with van der Waals surface area (Å²) in [6.07, 6.45) is 0.0994. The van der Waals surface area contributed by atoms with Crippen molar-refractivity contribution >= 4 is 20.4 Å². The Morgan fingerprint density at radius 3 is 2.30 bits per heavy atom. The third-order valence-electron chi connectivity index (χ3n) is 6.20. The molecule has 2 rings (SSSR count). The molecule has 0 unspecified atom stereocenters. The number of esters is 1. The summed E-state index contributed by atoms with van der Waals surface area (Å²) in [5.41, 5.74) is 0.427. The predicted octanol–water partition coefficient (Wildman–Crippen LogP) is 4.72. The Morgan fingerprint density at radius 2 is 1.73 bits per heavy atom. The van der Waals surface area contributed by atoms with Crippen molar-refractivity contribution in [3.63, 3.8) is 0 Å². The van der Waals surface area contributed by atoms with E-state index in [1.807, 2.05) is 51.1 Å². The number of hydrogen-bond donors (Lipinski definition) is 1. The number of hydrogen-bond acceptors (Lipinski definition) is 6. The monoisotopic (exact) mass is 478 g/mol. The Balaban J connectivity index is 2.04. The van der Waals surface area contributed by atoms with Crippen LogP contribution in [0.5, 0.6) is 0 Å². The van der Waals surface area contributed by atoms with Crippen LogP contribution in [-0.4, -0.2) is 62.7 Å². The molecule has 1 aliphatic heterocycles. The van der Waals surface area contributed by atoms with Crippen LogP contribution < -0.4 is 5.32 Å². The van der Waals surface area contributed by atoms with Crippen molar-refractivity contribution in [2.24, 2.45) is 0 Å². The van der Waals surface area contributed by atoms with Gasteiger partial charge in [-0.1, -0.05) is 51.1 Å². The number of amides is 1. The molecule has 2 atom stereocenters. The molecule has 1 amide bonds. The zero-order chi connectivity index (χ0) is 24.9. The Bertz CT molecular complexity index is 786. The minimum absolute atomic E-state index is 0.0266. The molecule has 0 aliphatic carbocycles. The molecule has 0 saturated carbocycles. The first kappa shape index (κ1) is 27.3. The summed E-state index contributed by atoms with van der Waals surface area (Å²) in [6, 6.07) is 9.60. The molecule has 1 N–H and O–H groups in total. The number of benzene rings is 1. The molecule has 1 fully saturated rings. The van der Waals surface area contributed by atoms with E-state index in [2.05, 4.69) is 39.2 Å². The highest BCUT2D eigenvalue weighted by atomic mass is 28.4. The number of ether oxygens (including phenoxy) is 2. The highest BCUT2D eigenvalue weighted by Gasteiger charge is 2.43. The molecular weight excluding hydrogens is 436 g/mol. The van der Waals surface area contributed by atoms with E-state index in [1.165, 1.54) is 0 Å². The van der Waals surface area contributed by atoms with Crippen molar-refractivity contribution in [2.75, 3.05) is 19.6 Å². The largest absolute Gasteiger partial charge is 0.459 e. The van der Waals surface area contributed by atoms with Gasteiger partial charge in [-0.3, -0.25) is 4.79 Å². The third kappa shape index (κ3) is 8.75. The topological polar surface area (TPSA) is 77.1 Å². The molecule has 186 valence electrons. The van der Waals surface area contributed by atoms with Crippen LogP contribution in [0.1, 0.15) is 53.5 Å². The van der Waals surface area contributed by atoms with Crippen molar-refractivity contribution in [2.45, 2.75) is 90.4 Å². The standard InChI is InChI=1S/C25H42N2O5Si/c1-24(2,3)31-22(28)16-26-20-14-15-27(17-21(20)32-33(7,8)25(4,5)6)23(29)30-18-19-12-10-9-11-13-19/h9-13,20-21,26H,14-18H2,1-8H3/t20-,21-/m1/s1. The molecule has 1 aromatic rings. The first-order valence-electron chi connectivity index (χ1n) is 11.8. The van der Waals surface area contributed by atoms with Crippen molar-refractivity contribution < 1.29 is 23.5 Å². The molecule has 0 radical (unpaired) electrons. The summed E-state index contributed by atoms with van der Waals surface area (Å²) < 4.78 is 17.7. The molecular formula is C25H42N2O5Si. The fraction of sp³-hybridized carbons (Fsp3) is 0.680. The van der Waals surface area contributed by atoms with Gasteiger partial charge in [0.2, 0.25) is 0 Å². The lowest BCUT2D eigenvalue weighted by Gasteiger charge is -2.45. The summed E-state index contributed by atoms with van der Waals surface area (Å²) in [7, 11) is -2.10. The minimum atomic E-state index is -2.10. The van der Waals surface area contributed by atoms with Crippen LogP contribution >= 0.6 is 0 Å². The molecule has 1 heterocycles. The number of rotatable bonds is 7. The van der Waals surface area contributed by atoms with E-state index in [-0.39, 0.29) is 42.4 Å². The van der Waals surface area contributed by atoms with Crippen molar-refractivity contribution in [1.29, 1.82) is 0 Å². The summed E-state index contributed by atoms with van der Waals surface area (Å²) in [6.45, 7) is 17.8.